The summed E-state index contributed by atoms with van der Waals surface area (Å²) in [6.45, 7) is 4.73. The second kappa shape index (κ2) is 7.22. The molecule has 120 valence electrons. The van der Waals surface area contributed by atoms with Crippen molar-refractivity contribution in [2.75, 3.05) is 6.54 Å². The highest BCUT2D eigenvalue weighted by Gasteiger charge is 2.33. The lowest BCUT2D eigenvalue weighted by atomic mass is 10.1. The van der Waals surface area contributed by atoms with Gasteiger partial charge in [-0.3, -0.25) is 0 Å². The van der Waals surface area contributed by atoms with Crippen LogP contribution in [0.25, 0.3) is 0 Å². The van der Waals surface area contributed by atoms with E-state index in [2.05, 4.69) is 13.8 Å². The van der Waals surface area contributed by atoms with Crippen LogP contribution in [0.15, 0.2) is 16.3 Å². The zero-order valence-electron chi connectivity index (χ0n) is 12.8. The molecule has 1 fully saturated rings. The van der Waals surface area contributed by atoms with Gasteiger partial charge in [-0.1, -0.05) is 26.7 Å². The Kier molecular flexibility index (Phi) is 5.82. The molecule has 0 spiro atoms. The minimum Gasteiger partial charge on any atom is -0.391 e. The molecule has 0 radical (unpaired) electrons. The summed E-state index contributed by atoms with van der Waals surface area (Å²) >= 11 is 1.30. The van der Waals surface area contributed by atoms with Crippen LogP contribution in [0, 0.1) is 5.92 Å². The van der Waals surface area contributed by atoms with Crippen molar-refractivity contribution in [1.29, 1.82) is 0 Å². The molecule has 0 aliphatic heterocycles. The predicted molar refractivity (Wildman–Crippen MR) is 85.8 cm³/mol. The lowest BCUT2D eigenvalue weighted by Gasteiger charge is -2.28. The van der Waals surface area contributed by atoms with Crippen molar-refractivity contribution in [3.05, 3.63) is 16.3 Å². The first kappa shape index (κ1) is 16.9. The Bertz CT molecular complexity index is 545. The maximum absolute atomic E-state index is 12.9. The SMILES string of the molecule is CC(C)CCN(C1CCCC1)S(=O)(=O)c1csc(CO)c1. The molecule has 1 aliphatic carbocycles. The van der Waals surface area contributed by atoms with E-state index in [1.165, 1.54) is 11.3 Å². The van der Waals surface area contributed by atoms with Gasteiger partial charge >= 0.3 is 0 Å². The fourth-order valence-corrected chi connectivity index (χ4v) is 5.61. The molecule has 0 amide bonds. The highest BCUT2D eigenvalue weighted by Crippen LogP contribution is 2.31. The van der Waals surface area contributed by atoms with E-state index >= 15 is 0 Å². The van der Waals surface area contributed by atoms with Gasteiger partial charge in [-0.25, -0.2) is 8.42 Å². The molecule has 0 unspecified atom stereocenters. The Labute approximate surface area is 131 Å². The number of aliphatic hydroxyl groups excluding tert-OH is 1. The standard InChI is InChI=1S/C15H25NO3S2/c1-12(2)7-8-16(13-5-3-4-6-13)21(18,19)15-9-14(10-17)20-11-15/h9,11-13,17H,3-8,10H2,1-2H3. The Balaban J connectivity index is 2.24. The number of nitrogens with zero attached hydrogens (tertiary/aromatic N) is 1. The average molecular weight is 332 g/mol. The summed E-state index contributed by atoms with van der Waals surface area (Å²) in [6.07, 6.45) is 5.04. The van der Waals surface area contributed by atoms with E-state index in [0.717, 1.165) is 32.1 Å². The van der Waals surface area contributed by atoms with Gasteiger partial charge in [0.15, 0.2) is 0 Å². The Morgan fingerprint density at radius 2 is 2.05 bits per heavy atom. The molecule has 1 aromatic heterocycles. The van der Waals surface area contributed by atoms with Crippen LogP contribution in [0.3, 0.4) is 0 Å². The van der Waals surface area contributed by atoms with Crippen molar-refractivity contribution in [2.45, 2.75) is 63.5 Å². The Morgan fingerprint density at radius 3 is 2.57 bits per heavy atom. The lowest BCUT2D eigenvalue weighted by Crippen LogP contribution is -2.39. The van der Waals surface area contributed by atoms with Crippen LogP contribution < -0.4 is 0 Å². The van der Waals surface area contributed by atoms with Crippen molar-refractivity contribution in [3.8, 4) is 0 Å². The summed E-state index contributed by atoms with van der Waals surface area (Å²) in [5, 5.41) is 10.8. The molecular formula is C15H25NO3S2. The highest BCUT2D eigenvalue weighted by molar-refractivity contribution is 7.89. The molecule has 4 nitrogen and oxygen atoms in total. The third-order valence-electron chi connectivity index (χ3n) is 4.05. The van der Waals surface area contributed by atoms with Gasteiger partial charge in [0.25, 0.3) is 0 Å². The first-order chi connectivity index (χ1) is 9.95. The first-order valence-electron chi connectivity index (χ1n) is 7.65. The quantitative estimate of drug-likeness (QED) is 0.834. The fraction of sp³-hybridized carbons (Fsp3) is 0.733. The van der Waals surface area contributed by atoms with Crippen LogP contribution in [0.4, 0.5) is 0 Å². The maximum Gasteiger partial charge on any atom is 0.244 e. The normalized spacial score (nSPS) is 17.2. The summed E-state index contributed by atoms with van der Waals surface area (Å²) in [5.41, 5.74) is 0. The molecule has 6 heteroatoms. The third-order valence-corrected chi connectivity index (χ3v) is 7.05. The van der Waals surface area contributed by atoms with E-state index in [1.807, 2.05) is 0 Å². The molecule has 0 atom stereocenters. The van der Waals surface area contributed by atoms with E-state index < -0.39 is 10.0 Å². The summed E-state index contributed by atoms with van der Waals surface area (Å²) in [4.78, 5) is 1.04. The van der Waals surface area contributed by atoms with Crippen molar-refractivity contribution < 1.29 is 13.5 Å². The summed E-state index contributed by atoms with van der Waals surface area (Å²) < 4.78 is 27.5. The van der Waals surface area contributed by atoms with Crippen LogP contribution >= 0.6 is 11.3 Å². The molecule has 1 heterocycles. The van der Waals surface area contributed by atoms with Gasteiger partial charge in [0.2, 0.25) is 10.0 Å². The largest absolute Gasteiger partial charge is 0.391 e. The van der Waals surface area contributed by atoms with E-state index in [-0.39, 0.29) is 12.6 Å². The molecule has 1 aliphatic rings. The number of hydrogen-bond acceptors (Lipinski definition) is 4. The number of aliphatic hydroxyl groups is 1. The minimum absolute atomic E-state index is 0.102. The maximum atomic E-state index is 12.9. The molecule has 1 saturated carbocycles. The number of hydrogen-bond donors (Lipinski definition) is 1. The molecular weight excluding hydrogens is 306 g/mol. The molecule has 0 aromatic carbocycles. The Morgan fingerprint density at radius 1 is 1.38 bits per heavy atom. The molecule has 0 bridgehead atoms. The van der Waals surface area contributed by atoms with Gasteiger partial charge in [-0.15, -0.1) is 11.3 Å². The van der Waals surface area contributed by atoms with Crippen molar-refractivity contribution >= 4 is 21.4 Å². The van der Waals surface area contributed by atoms with Crippen LogP contribution in [-0.4, -0.2) is 30.4 Å². The van der Waals surface area contributed by atoms with Crippen molar-refractivity contribution in [3.63, 3.8) is 0 Å². The van der Waals surface area contributed by atoms with Gasteiger partial charge in [0.05, 0.1) is 11.5 Å². The fourth-order valence-electron chi connectivity index (χ4n) is 2.79. The van der Waals surface area contributed by atoms with Crippen molar-refractivity contribution in [2.24, 2.45) is 5.92 Å². The third kappa shape index (κ3) is 4.06. The van der Waals surface area contributed by atoms with Gasteiger partial charge in [0, 0.05) is 22.8 Å². The minimum atomic E-state index is -3.44. The summed E-state index contributed by atoms with van der Waals surface area (Å²) in [6, 6.07) is 1.75. The van der Waals surface area contributed by atoms with Gasteiger partial charge in [0.1, 0.15) is 0 Å². The van der Waals surface area contributed by atoms with E-state index in [9.17, 15) is 8.42 Å². The highest BCUT2D eigenvalue weighted by atomic mass is 32.2. The topological polar surface area (TPSA) is 57.6 Å². The van der Waals surface area contributed by atoms with E-state index in [0.29, 0.717) is 22.2 Å². The first-order valence-corrected chi connectivity index (χ1v) is 9.97. The van der Waals surface area contributed by atoms with Crippen LogP contribution in [0.5, 0.6) is 0 Å². The zero-order chi connectivity index (χ0) is 15.5. The average Bonchev–Trinajstić information content (AvgIpc) is 3.09. The van der Waals surface area contributed by atoms with E-state index in [1.54, 1.807) is 15.8 Å². The molecule has 1 aromatic rings. The number of rotatable bonds is 7. The predicted octanol–water partition coefficient (Wildman–Crippen LogP) is 3.22. The molecule has 1 N–H and O–H groups in total. The second-order valence-corrected chi connectivity index (χ2v) is 9.03. The van der Waals surface area contributed by atoms with Crippen LogP contribution in [-0.2, 0) is 16.6 Å². The molecule has 21 heavy (non-hydrogen) atoms. The number of sulfonamides is 1. The Hall–Kier alpha value is -0.430. The lowest BCUT2D eigenvalue weighted by molar-refractivity contribution is 0.285. The van der Waals surface area contributed by atoms with Gasteiger partial charge in [-0.2, -0.15) is 4.31 Å². The van der Waals surface area contributed by atoms with Crippen LogP contribution in [0.2, 0.25) is 0 Å². The smallest absolute Gasteiger partial charge is 0.244 e. The summed E-state index contributed by atoms with van der Waals surface area (Å²) in [5.74, 6) is 0.486. The van der Waals surface area contributed by atoms with E-state index in [4.69, 9.17) is 5.11 Å². The molecule has 2 rings (SSSR count). The molecule has 0 saturated heterocycles. The van der Waals surface area contributed by atoms with Gasteiger partial charge in [-0.05, 0) is 31.2 Å². The number of thiophene rings is 1. The monoisotopic (exact) mass is 331 g/mol. The second-order valence-electron chi connectivity index (χ2n) is 6.14. The zero-order valence-corrected chi connectivity index (χ0v) is 14.4. The summed E-state index contributed by atoms with van der Waals surface area (Å²) in [7, 11) is -3.44. The van der Waals surface area contributed by atoms with Crippen LogP contribution in [0.1, 0.15) is 50.8 Å². The van der Waals surface area contributed by atoms with Crippen molar-refractivity contribution in [1.82, 2.24) is 4.31 Å². The van der Waals surface area contributed by atoms with Gasteiger partial charge < -0.3 is 5.11 Å².